The Kier molecular flexibility index (Phi) is 7.78. The number of methoxy groups -OCH3 is 1. The van der Waals surface area contributed by atoms with Crippen molar-refractivity contribution in [2.45, 2.75) is 18.7 Å². The first kappa shape index (κ1) is 22.1. The molecule has 0 radical (unpaired) electrons. The van der Waals surface area contributed by atoms with Crippen molar-refractivity contribution in [2.24, 2.45) is 5.92 Å². The molecule has 0 unspecified atom stereocenters. The van der Waals surface area contributed by atoms with Crippen LogP contribution < -0.4 is 10.1 Å². The molecule has 1 fully saturated rings. The lowest BCUT2D eigenvalue weighted by molar-refractivity contribution is -0.124. The first-order valence-electron chi connectivity index (χ1n) is 8.95. The van der Waals surface area contributed by atoms with E-state index in [4.69, 9.17) is 14.2 Å². The van der Waals surface area contributed by atoms with E-state index in [1.807, 2.05) is 13.8 Å². The predicted molar refractivity (Wildman–Crippen MR) is 101 cm³/mol. The first-order chi connectivity index (χ1) is 13.3. The molecule has 1 aliphatic rings. The molecule has 156 valence electrons. The van der Waals surface area contributed by atoms with Crippen molar-refractivity contribution in [3.63, 3.8) is 0 Å². The monoisotopic (exact) mass is 414 g/mol. The second-order valence-corrected chi connectivity index (χ2v) is 8.56. The fourth-order valence-corrected chi connectivity index (χ4v) is 4.10. The van der Waals surface area contributed by atoms with E-state index in [1.165, 1.54) is 29.6 Å². The number of hydrogen-bond acceptors (Lipinski definition) is 7. The standard InChI is InChI=1S/C18H26N2O7S/c1-13(2)11-19-17(21)12-27-18(22)14-4-5-15(25-3)16(10-14)28(23,24)20-6-8-26-9-7-20/h4-5,10,13H,6-9,11-12H2,1-3H3,(H,19,21). The number of ether oxygens (including phenoxy) is 3. The number of nitrogens with zero attached hydrogens (tertiary/aromatic N) is 1. The molecular formula is C18H26N2O7S. The summed E-state index contributed by atoms with van der Waals surface area (Å²) < 4.78 is 42.5. The number of esters is 1. The molecule has 2 rings (SSSR count). The van der Waals surface area contributed by atoms with Gasteiger partial charge in [0.1, 0.15) is 10.6 Å². The number of carbonyl (C=O) groups excluding carboxylic acids is 2. The van der Waals surface area contributed by atoms with E-state index in [1.54, 1.807) is 0 Å². The maximum Gasteiger partial charge on any atom is 0.338 e. The molecule has 0 spiro atoms. The van der Waals surface area contributed by atoms with Crippen LogP contribution in [0.3, 0.4) is 0 Å². The van der Waals surface area contributed by atoms with Crippen LogP contribution in [0.25, 0.3) is 0 Å². The molecular weight excluding hydrogens is 388 g/mol. The number of amides is 1. The molecule has 0 atom stereocenters. The van der Waals surface area contributed by atoms with Gasteiger partial charge in [-0.25, -0.2) is 13.2 Å². The van der Waals surface area contributed by atoms with Gasteiger partial charge < -0.3 is 19.5 Å². The van der Waals surface area contributed by atoms with Crippen LogP contribution >= 0.6 is 0 Å². The molecule has 28 heavy (non-hydrogen) atoms. The van der Waals surface area contributed by atoms with Crippen molar-refractivity contribution in [1.29, 1.82) is 0 Å². The maximum absolute atomic E-state index is 12.9. The topological polar surface area (TPSA) is 111 Å². The highest BCUT2D eigenvalue weighted by Gasteiger charge is 2.30. The Balaban J connectivity index is 2.15. The summed E-state index contributed by atoms with van der Waals surface area (Å²) in [6.45, 7) is 4.96. The van der Waals surface area contributed by atoms with Gasteiger partial charge in [0.2, 0.25) is 10.0 Å². The van der Waals surface area contributed by atoms with Crippen molar-refractivity contribution in [2.75, 3.05) is 46.6 Å². The minimum Gasteiger partial charge on any atom is -0.495 e. The highest BCUT2D eigenvalue weighted by Crippen LogP contribution is 2.28. The molecule has 1 aromatic carbocycles. The van der Waals surface area contributed by atoms with Crippen LogP contribution in [0.4, 0.5) is 0 Å². The molecule has 0 aromatic heterocycles. The quantitative estimate of drug-likeness (QED) is 0.622. The summed E-state index contributed by atoms with van der Waals surface area (Å²) in [7, 11) is -2.52. The number of sulfonamides is 1. The van der Waals surface area contributed by atoms with Crippen molar-refractivity contribution in [3.05, 3.63) is 23.8 Å². The third-order valence-electron chi connectivity index (χ3n) is 4.03. The fourth-order valence-electron chi connectivity index (χ4n) is 2.51. The number of morpholine rings is 1. The van der Waals surface area contributed by atoms with Gasteiger partial charge in [0.15, 0.2) is 6.61 Å². The van der Waals surface area contributed by atoms with Crippen LogP contribution in [0.1, 0.15) is 24.2 Å². The van der Waals surface area contributed by atoms with Crippen LogP contribution in [-0.2, 0) is 24.3 Å². The molecule has 0 bridgehead atoms. The molecule has 1 heterocycles. The SMILES string of the molecule is COc1ccc(C(=O)OCC(=O)NCC(C)C)cc1S(=O)(=O)N1CCOCC1. The van der Waals surface area contributed by atoms with Gasteiger partial charge in [-0.05, 0) is 24.1 Å². The van der Waals surface area contributed by atoms with Crippen molar-refractivity contribution in [3.8, 4) is 5.75 Å². The summed E-state index contributed by atoms with van der Waals surface area (Å²) in [6.07, 6.45) is 0. The highest BCUT2D eigenvalue weighted by atomic mass is 32.2. The van der Waals surface area contributed by atoms with E-state index in [-0.39, 0.29) is 35.2 Å². The smallest absolute Gasteiger partial charge is 0.338 e. The number of benzene rings is 1. The average Bonchev–Trinajstić information content (AvgIpc) is 2.70. The van der Waals surface area contributed by atoms with Crippen LogP contribution in [-0.4, -0.2) is 71.2 Å². The minimum absolute atomic E-state index is 0.0179. The third-order valence-corrected chi connectivity index (χ3v) is 5.95. The number of carbonyl (C=O) groups is 2. The Morgan fingerprint density at radius 3 is 2.54 bits per heavy atom. The summed E-state index contributed by atoms with van der Waals surface area (Å²) in [4.78, 5) is 23.8. The van der Waals surface area contributed by atoms with Gasteiger partial charge in [0.05, 0.1) is 25.9 Å². The molecule has 1 N–H and O–H groups in total. The molecule has 0 aliphatic carbocycles. The Hall–Kier alpha value is -2.17. The van der Waals surface area contributed by atoms with Crippen LogP contribution in [0, 0.1) is 5.92 Å². The first-order valence-corrected chi connectivity index (χ1v) is 10.4. The Bertz CT molecular complexity index is 802. The largest absolute Gasteiger partial charge is 0.495 e. The lowest BCUT2D eigenvalue weighted by atomic mass is 10.2. The fraction of sp³-hybridized carbons (Fsp3) is 0.556. The molecule has 1 aliphatic heterocycles. The number of nitrogens with one attached hydrogen (secondary N) is 1. The Labute approximate surface area is 165 Å². The number of rotatable bonds is 8. The number of hydrogen-bond donors (Lipinski definition) is 1. The third kappa shape index (κ3) is 5.66. The zero-order valence-electron chi connectivity index (χ0n) is 16.3. The Morgan fingerprint density at radius 1 is 1.25 bits per heavy atom. The normalized spacial score (nSPS) is 15.3. The van der Waals surface area contributed by atoms with Gasteiger partial charge in [-0.2, -0.15) is 4.31 Å². The van der Waals surface area contributed by atoms with Crippen LogP contribution in [0.15, 0.2) is 23.1 Å². The van der Waals surface area contributed by atoms with E-state index in [0.717, 1.165) is 0 Å². The second-order valence-electron chi connectivity index (χ2n) is 6.66. The van der Waals surface area contributed by atoms with Gasteiger partial charge in [0, 0.05) is 19.6 Å². The van der Waals surface area contributed by atoms with E-state index < -0.39 is 28.5 Å². The van der Waals surface area contributed by atoms with E-state index >= 15 is 0 Å². The summed E-state index contributed by atoms with van der Waals surface area (Å²) >= 11 is 0. The van der Waals surface area contributed by atoms with Crippen LogP contribution in [0.5, 0.6) is 5.75 Å². The van der Waals surface area contributed by atoms with E-state index in [9.17, 15) is 18.0 Å². The zero-order chi connectivity index (χ0) is 20.7. The van der Waals surface area contributed by atoms with Gasteiger partial charge in [-0.15, -0.1) is 0 Å². The average molecular weight is 414 g/mol. The molecule has 9 nitrogen and oxygen atoms in total. The van der Waals surface area contributed by atoms with Crippen molar-refractivity contribution < 1.29 is 32.2 Å². The lowest BCUT2D eigenvalue weighted by Gasteiger charge is -2.26. The Morgan fingerprint density at radius 2 is 1.93 bits per heavy atom. The molecule has 1 amide bonds. The summed E-state index contributed by atoms with van der Waals surface area (Å²) in [5.41, 5.74) is 0.0179. The molecule has 1 aromatic rings. The lowest BCUT2D eigenvalue weighted by Crippen LogP contribution is -2.40. The molecule has 10 heteroatoms. The van der Waals surface area contributed by atoms with E-state index in [0.29, 0.717) is 19.8 Å². The van der Waals surface area contributed by atoms with E-state index in [2.05, 4.69) is 5.32 Å². The summed E-state index contributed by atoms with van der Waals surface area (Å²) in [6, 6.07) is 3.99. The zero-order valence-corrected chi connectivity index (χ0v) is 17.1. The summed E-state index contributed by atoms with van der Waals surface area (Å²) in [5.74, 6) is -0.815. The molecule has 1 saturated heterocycles. The van der Waals surface area contributed by atoms with Gasteiger partial charge in [-0.3, -0.25) is 4.79 Å². The van der Waals surface area contributed by atoms with Gasteiger partial charge >= 0.3 is 5.97 Å². The predicted octanol–water partition coefficient (Wildman–Crippen LogP) is 0.645. The molecule has 0 saturated carbocycles. The second kappa shape index (κ2) is 9.85. The summed E-state index contributed by atoms with van der Waals surface area (Å²) in [5, 5.41) is 2.64. The van der Waals surface area contributed by atoms with Gasteiger partial charge in [0.25, 0.3) is 5.91 Å². The van der Waals surface area contributed by atoms with Gasteiger partial charge in [-0.1, -0.05) is 13.8 Å². The minimum atomic E-state index is -3.87. The maximum atomic E-state index is 12.9. The highest BCUT2D eigenvalue weighted by molar-refractivity contribution is 7.89. The van der Waals surface area contributed by atoms with Crippen molar-refractivity contribution in [1.82, 2.24) is 9.62 Å². The van der Waals surface area contributed by atoms with Crippen molar-refractivity contribution >= 4 is 21.9 Å². The van der Waals surface area contributed by atoms with Crippen LogP contribution in [0.2, 0.25) is 0 Å².